The van der Waals surface area contributed by atoms with Crippen LogP contribution >= 0.6 is 0 Å². The first kappa shape index (κ1) is 24.6. The van der Waals surface area contributed by atoms with Gasteiger partial charge >= 0.3 is 0 Å². The Morgan fingerprint density at radius 1 is 0.806 bits per heavy atom. The Morgan fingerprint density at radius 2 is 1.47 bits per heavy atom. The lowest BCUT2D eigenvalue weighted by molar-refractivity contribution is -0.121. The zero-order chi connectivity index (χ0) is 25.2. The molecule has 0 aliphatic rings. The van der Waals surface area contributed by atoms with Gasteiger partial charge in [0.2, 0.25) is 11.8 Å². The van der Waals surface area contributed by atoms with Crippen molar-refractivity contribution in [1.29, 1.82) is 0 Å². The number of H-pyrrole nitrogens is 1. The molecular weight excluding hydrogens is 456 g/mol. The van der Waals surface area contributed by atoms with Gasteiger partial charge in [-0.3, -0.25) is 9.59 Å². The van der Waals surface area contributed by atoms with Crippen LogP contribution in [0.4, 0.5) is 11.6 Å². The molecule has 0 radical (unpaired) electrons. The number of carbonyl (C=O) groups is 2. The molecule has 0 atom stereocenters. The average Bonchev–Trinajstić information content (AvgIpc) is 3.31. The van der Waals surface area contributed by atoms with Crippen molar-refractivity contribution in [2.24, 2.45) is 0 Å². The van der Waals surface area contributed by atoms with Crippen molar-refractivity contribution in [3.05, 3.63) is 66.5 Å². The first-order valence-electron chi connectivity index (χ1n) is 11.9. The molecule has 186 valence electrons. The molecule has 4 rings (SSSR count). The van der Waals surface area contributed by atoms with E-state index in [0.29, 0.717) is 56.5 Å². The SMILES string of the molecule is CC(=O)NCCNc1cc(NCCNC(=O)CCc2nc3ccccc3[nH]2)nc(-c2ccccc2)n1. The third-order valence-electron chi connectivity index (χ3n) is 5.34. The maximum absolute atomic E-state index is 12.3. The number of nitrogens with zero attached hydrogens (tertiary/aromatic N) is 3. The topological polar surface area (TPSA) is 137 Å². The number of fused-ring (bicyclic) bond motifs is 1. The minimum absolute atomic E-state index is 0.0368. The minimum atomic E-state index is -0.0774. The molecule has 0 saturated heterocycles. The predicted molar refractivity (Wildman–Crippen MR) is 141 cm³/mol. The summed E-state index contributed by atoms with van der Waals surface area (Å²) in [5, 5.41) is 12.2. The average molecular weight is 487 g/mol. The molecule has 10 heteroatoms. The summed E-state index contributed by atoms with van der Waals surface area (Å²) < 4.78 is 0. The summed E-state index contributed by atoms with van der Waals surface area (Å²) in [5.41, 5.74) is 2.77. The normalized spacial score (nSPS) is 10.7. The fourth-order valence-electron chi connectivity index (χ4n) is 3.61. The summed E-state index contributed by atoms with van der Waals surface area (Å²) in [5.74, 6) is 2.56. The van der Waals surface area contributed by atoms with Crippen LogP contribution in [0.15, 0.2) is 60.7 Å². The lowest BCUT2D eigenvalue weighted by Gasteiger charge is -2.12. The van der Waals surface area contributed by atoms with Crippen molar-refractivity contribution in [2.75, 3.05) is 36.8 Å². The molecule has 0 fully saturated rings. The molecule has 0 spiro atoms. The number of imidazole rings is 1. The Morgan fingerprint density at radius 3 is 2.17 bits per heavy atom. The van der Waals surface area contributed by atoms with E-state index in [4.69, 9.17) is 0 Å². The van der Waals surface area contributed by atoms with E-state index in [-0.39, 0.29) is 11.8 Å². The molecule has 0 saturated carbocycles. The van der Waals surface area contributed by atoms with E-state index in [1.165, 1.54) is 6.92 Å². The van der Waals surface area contributed by atoms with Crippen LogP contribution in [-0.4, -0.2) is 57.9 Å². The van der Waals surface area contributed by atoms with E-state index in [1.54, 1.807) is 0 Å². The summed E-state index contributed by atoms with van der Waals surface area (Å²) >= 11 is 0. The van der Waals surface area contributed by atoms with Crippen LogP contribution in [0.1, 0.15) is 19.2 Å². The van der Waals surface area contributed by atoms with Gasteiger partial charge in [-0.1, -0.05) is 42.5 Å². The van der Waals surface area contributed by atoms with Crippen LogP contribution < -0.4 is 21.3 Å². The highest BCUT2D eigenvalue weighted by Gasteiger charge is 2.08. The Kier molecular flexibility index (Phi) is 8.42. The Balaban J connectivity index is 1.28. The van der Waals surface area contributed by atoms with Crippen LogP contribution in [0.2, 0.25) is 0 Å². The van der Waals surface area contributed by atoms with E-state index in [0.717, 1.165) is 22.4 Å². The van der Waals surface area contributed by atoms with Crippen LogP contribution in [0.5, 0.6) is 0 Å². The third-order valence-corrected chi connectivity index (χ3v) is 5.34. The second-order valence-electron chi connectivity index (χ2n) is 8.22. The van der Waals surface area contributed by atoms with E-state index < -0.39 is 0 Å². The minimum Gasteiger partial charge on any atom is -0.368 e. The molecule has 5 N–H and O–H groups in total. The van der Waals surface area contributed by atoms with E-state index in [1.807, 2.05) is 60.7 Å². The Bertz CT molecular complexity index is 1270. The molecule has 2 amide bonds. The highest BCUT2D eigenvalue weighted by atomic mass is 16.2. The first-order chi connectivity index (χ1) is 17.6. The maximum Gasteiger partial charge on any atom is 0.220 e. The lowest BCUT2D eigenvalue weighted by atomic mass is 10.2. The number of hydrogen-bond acceptors (Lipinski definition) is 7. The van der Waals surface area contributed by atoms with Crippen LogP contribution in [-0.2, 0) is 16.0 Å². The van der Waals surface area contributed by atoms with Crippen LogP contribution in [0.3, 0.4) is 0 Å². The molecule has 2 aromatic carbocycles. The molecule has 4 aromatic rings. The summed E-state index contributed by atoms with van der Waals surface area (Å²) in [6.07, 6.45) is 0.904. The highest BCUT2D eigenvalue weighted by molar-refractivity contribution is 5.77. The number of aromatic nitrogens is 4. The van der Waals surface area contributed by atoms with Crippen LogP contribution in [0.25, 0.3) is 22.4 Å². The number of amides is 2. The fourth-order valence-corrected chi connectivity index (χ4v) is 3.61. The maximum atomic E-state index is 12.3. The second-order valence-corrected chi connectivity index (χ2v) is 8.22. The van der Waals surface area contributed by atoms with E-state index in [9.17, 15) is 9.59 Å². The number of anilines is 2. The monoisotopic (exact) mass is 486 g/mol. The zero-order valence-electron chi connectivity index (χ0n) is 20.2. The molecule has 2 aromatic heterocycles. The number of benzene rings is 2. The largest absolute Gasteiger partial charge is 0.368 e. The third kappa shape index (κ3) is 7.26. The van der Waals surface area contributed by atoms with Crippen molar-refractivity contribution >= 4 is 34.5 Å². The molecule has 10 nitrogen and oxygen atoms in total. The van der Waals surface area contributed by atoms with Gasteiger partial charge < -0.3 is 26.3 Å². The number of carbonyl (C=O) groups excluding carboxylic acids is 2. The van der Waals surface area contributed by atoms with Gasteiger partial charge in [-0.2, -0.15) is 0 Å². The Labute approximate surface area is 209 Å². The molecular formula is C26H30N8O2. The standard InChI is InChI=1S/C26H30N8O2/c1-18(35)27-13-14-28-23-17-24(34-26(33-23)19-7-3-2-4-8-19)29-15-16-30-25(36)12-11-22-31-20-9-5-6-10-21(20)32-22/h2-10,17H,11-16H2,1H3,(H,27,35)(H,30,36)(H,31,32)(H2,28,29,33,34). The lowest BCUT2D eigenvalue weighted by Crippen LogP contribution is -2.29. The van der Waals surface area contributed by atoms with Gasteiger partial charge in [0.25, 0.3) is 0 Å². The Hall–Kier alpha value is -4.47. The number of para-hydroxylation sites is 2. The number of nitrogens with one attached hydrogen (secondary N) is 5. The second kappa shape index (κ2) is 12.3. The van der Waals surface area contributed by atoms with Crippen molar-refractivity contribution < 1.29 is 9.59 Å². The fraction of sp³-hybridized carbons (Fsp3) is 0.269. The number of aromatic amines is 1. The van der Waals surface area contributed by atoms with Gasteiger partial charge in [-0.25, -0.2) is 15.0 Å². The number of hydrogen-bond donors (Lipinski definition) is 5. The first-order valence-corrected chi connectivity index (χ1v) is 11.9. The smallest absolute Gasteiger partial charge is 0.220 e. The van der Waals surface area contributed by atoms with Gasteiger partial charge in [-0.05, 0) is 12.1 Å². The van der Waals surface area contributed by atoms with Crippen LogP contribution in [0, 0.1) is 0 Å². The van der Waals surface area contributed by atoms with E-state index in [2.05, 4.69) is 41.2 Å². The zero-order valence-corrected chi connectivity index (χ0v) is 20.2. The summed E-state index contributed by atoms with van der Waals surface area (Å²) in [6.45, 7) is 3.47. The van der Waals surface area contributed by atoms with Gasteiger partial charge in [0, 0.05) is 57.6 Å². The van der Waals surface area contributed by atoms with Crippen molar-refractivity contribution in [3.8, 4) is 11.4 Å². The number of rotatable bonds is 12. The quantitative estimate of drug-likeness (QED) is 0.194. The predicted octanol–water partition coefficient (Wildman–Crippen LogP) is 2.73. The molecule has 0 aliphatic carbocycles. The van der Waals surface area contributed by atoms with Gasteiger partial charge in [0.15, 0.2) is 5.82 Å². The molecule has 2 heterocycles. The van der Waals surface area contributed by atoms with Gasteiger partial charge in [0.1, 0.15) is 17.5 Å². The van der Waals surface area contributed by atoms with Crippen molar-refractivity contribution in [2.45, 2.75) is 19.8 Å². The molecule has 0 bridgehead atoms. The molecule has 0 unspecified atom stereocenters. The van der Waals surface area contributed by atoms with Crippen molar-refractivity contribution in [3.63, 3.8) is 0 Å². The van der Waals surface area contributed by atoms with E-state index >= 15 is 0 Å². The summed E-state index contributed by atoms with van der Waals surface area (Å²) in [6, 6.07) is 19.3. The van der Waals surface area contributed by atoms with Crippen molar-refractivity contribution in [1.82, 2.24) is 30.6 Å². The van der Waals surface area contributed by atoms with Gasteiger partial charge in [0.05, 0.1) is 11.0 Å². The molecule has 0 aliphatic heterocycles. The number of aryl methyl sites for hydroxylation is 1. The summed E-state index contributed by atoms with van der Waals surface area (Å²) in [4.78, 5) is 40.3. The summed E-state index contributed by atoms with van der Waals surface area (Å²) in [7, 11) is 0. The molecule has 36 heavy (non-hydrogen) atoms. The highest BCUT2D eigenvalue weighted by Crippen LogP contribution is 2.20. The van der Waals surface area contributed by atoms with Gasteiger partial charge in [-0.15, -0.1) is 0 Å².